The molecule has 2 rings (SSSR count). The molecular weight excluding hydrogens is 228 g/mol. The Hall–Kier alpha value is -1.82. The molecule has 0 saturated carbocycles. The minimum absolute atomic E-state index is 0.209. The zero-order valence-corrected chi connectivity index (χ0v) is 10.9. The number of rotatable bonds is 4. The van der Waals surface area contributed by atoms with Crippen molar-refractivity contribution in [2.45, 2.75) is 39.3 Å². The molecule has 6 heteroatoms. The van der Waals surface area contributed by atoms with Crippen LogP contribution in [0.5, 0.6) is 0 Å². The highest BCUT2D eigenvalue weighted by Crippen LogP contribution is 2.14. The predicted octanol–water partition coefficient (Wildman–Crippen LogP) is 1.20. The van der Waals surface area contributed by atoms with Crippen molar-refractivity contribution in [3.8, 4) is 0 Å². The van der Waals surface area contributed by atoms with Crippen molar-refractivity contribution in [2.24, 2.45) is 5.73 Å². The number of hydrogen-bond donors (Lipinski definition) is 1. The molecule has 0 fully saturated rings. The SMILES string of the molecule is Cc1cnc(C(N)Cc2ncnn2C(C)C)cn1. The van der Waals surface area contributed by atoms with Crippen molar-refractivity contribution in [3.63, 3.8) is 0 Å². The lowest BCUT2D eigenvalue weighted by Gasteiger charge is -2.13. The molecule has 1 unspecified atom stereocenters. The van der Waals surface area contributed by atoms with E-state index in [1.807, 2.05) is 11.6 Å². The molecule has 2 heterocycles. The maximum atomic E-state index is 6.12. The molecule has 0 aliphatic carbocycles. The van der Waals surface area contributed by atoms with E-state index in [1.54, 1.807) is 18.7 Å². The Labute approximate surface area is 106 Å². The second kappa shape index (κ2) is 5.22. The highest BCUT2D eigenvalue weighted by molar-refractivity contribution is 5.07. The van der Waals surface area contributed by atoms with Crippen LogP contribution in [0, 0.1) is 6.92 Å². The normalized spacial score (nSPS) is 12.9. The summed E-state index contributed by atoms with van der Waals surface area (Å²) in [5, 5.41) is 4.19. The van der Waals surface area contributed by atoms with Crippen molar-refractivity contribution in [3.05, 3.63) is 35.9 Å². The van der Waals surface area contributed by atoms with Crippen molar-refractivity contribution in [2.75, 3.05) is 0 Å². The van der Waals surface area contributed by atoms with Crippen molar-refractivity contribution in [1.82, 2.24) is 24.7 Å². The number of aryl methyl sites for hydroxylation is 1. The van der Waals surface area contributed by atoms with Gasteiger partial charge in [0.25, 0.3) is 0 Å². The van der Waals surface area contributed by atoms with Gasteiger partial charge in [-0.1, -0.05) is 0 Å². The molecule has 1 atom stereocenters. The van der Waals surface area contributed by atoms with E-state index in [-0.39, 0.29) is 12.1 Å². The van der Waals surface area contributed by atoms with Crippen LogP contribution in [0.1, 0.15) is 43.1 Å². The molecule has 0 radical (unpaired) electrons. The van der Waals surface area contributed by atoms with E-state index in [4.69, 9.17) is 5.73 Å². The maximum absolute atomic E-state index is 6.12. The minimum Gasteiger partial charge on any atom is -0.322 e. The van der Waals surface area contributed by atoms with E-state index in [9.17, 15) is 0 Å². The molecule has 2 aromatic rings. The Morgan fingerprint density at radius 3 is 2.61 bits per heavy atom. The van der Waals surface area contributed by atoms with Crippen LogP contribution in [0.2, 0.25) is 0 Å². The van der Waals surface area contributed by atoms with E-state index in [0.717, 1.165) is 17.2 Å². The van der Waals surface area contributed by atoms with E-state index >= 15 is 0 Å². The first-order chi connectivity index (χ1) is 8.58. The summed E-state index contributed by atoms with van der Waals surface area (Å²) < 4.78 is 1.88. The summed E-state index contributed by atoms with van der Waals surface area (Å²) in [5.41, 5.74) is 7.78. The first-order valence-corrected chi connectivity index (χ1v) is 6.00. The Morgan fingerprint density at radius 1 is 1.22 bits per heavy atom. The molecule has 0 bridgehead atoms. The largest absolute Gasteiger partial charge is 0.322 e. The van der Waals surface area contributed by atoms with Crippen LogP contribution >= 0.6 is 0 Å². The summed E-state index contributed by atoms with van der Waals surface area (Å²) in [6.45, 7) is 6.03. The van der Waals surface area contributed by atoms with Crippen LogP contribution < -0.4 is 5.73 Å². The zero-order valence-electron chi connectivity index (χ0n) is 10.9. The fraction of sp³-hybridized carbons (Fsp3) is 0.500. The molecule has 6 nitrogen and oxygen atoms in total. The van der Waals surface area contributed by atoms with Crippen molar-refractivity contribution < 1.29 is 0 Å². The number of aromatic nitrogens is 5. The summed E-state index contributed by atoms with van der Waals surface area (Å²) in [6.07, 6.45) is 5.61. The summed E-state index contributed by atoms with van der Waals surface area (Å²) in [6, 6.07) is 0.0681. The number of hydrogen-bond acceptors (Lipinski definition) is 5. The lowest BCUT2D eigenvalue weighted by molar-refractivity contribution is 0.491. The van der Waals surface area contributed by atoms with Crippen molar-refractivity contribution in [1.29, 1.82) is 0 Å². The smallest absolute Gasteiger partial charge is 0.138 e. The van der Waals surface area contributed by atoms with Crippen LogP contribution in [-0.4, -0.2) is 24.7 Å². The third-order valence-corrected chi connectivity index (χ3v) is 2.72. The fourth-order valence-corrected chi connectivity index (χ4v) is 1.75. The van der Waals surface area contributed by atoms with Crippen LogP contribution in [0.3, 0.4) is 0 Å². The zero-order chi connectivity index (χ0) is 13.1. The molecule has 96 valence electrons. The van der Waals surface area contributed by atoms with Gasteiger partial charge in [-0.3, -0.25) is 9.97 Å². The second-order valence-corrected chi connectivity index (χ2v) is 4.61. The van der Waals surface area contributed by atoms with Crippen LogP contribution in [-0.2, 0) is 6.42 Å². The van der Waals surface area contributed by atoms with Crippen LogP contribution in [0.4, 0.5) is 0 Å². The summed E-state index contributed by atoms with van der Waals surface area (Å²) >= 11 is 0. The van der Waals surface area contributed by atoms with E-state index < -0.39 is 0 Å². The van der Waals surface area contributed by atoms with E-state index in [2.05, 4.69) is 33.9 Å². The Balaban J connectivity index is 2.13. The third-order valence-electron chi connectivity index (χ3n) is 2.72. The van der Waals surface area contributed by atoms with Crippen molar-refractivity contribution >= 4 is 0 Å². The standard InChI is InChI=1S/C12H18N6/c1-8(2)18-12(16-7-17-18)4-10(13)11-6-14-9(3)5-15-11/h5-8,10H,4,13H2,1-3H3. The molecule has 18 heavy (non-hydrogen) atoms. The van der Waals surface area contributed by atoms with Crippen LogP contribution in [0.25, 0.3) is 0 Å². The monoisotopic (exact) mass is 246 g/mol. The molecule has 2 N–H and O–H groups in total. The fourth-order valence-electron chi connectivity index (χ4n) is 1.75. The molecule has 0 spiro atoms. The molecule has 0 aliphatic heterocycles. The second-order valence-electron chi connectivity index (χ2n) is 4.61. The third kappa shape index (κ3) is 2.70. The maximum Gasteiger partial charge on any atom is 0.138 e. The summed E-state index contributed by atoms with van der Waals surface area (Å²) in [4.78, 5) is 12.7. The molecule has 0 aliphatic rings. The molecular formula is C12H18N6. The Morgan fingerprint density at radius 2 is 2.00 bits per heavy atom. The lowest BCUT2D eigenvalue weighted by atomic mass is 10.1. The topological polar surface area (TPSA) is 82.5 Å². The van der Waals surface area contributed by atoms with Gasteiger partial charge in [0, 0.05) is 18.7 Å². The first-order valence-electron chi connectivity index (χ1n) is 6.00. The lowest BCUT2D eigenvalue weighted by Crippen LogP contribution is -2.19. The number of nitrogens with two attached hydrogens (primary N) is 1. The Kier molecular flexibility index (Phi) is 3.66. The molecule has 0 saturated heterocycles. The molecule has 0 amide bonds. The highest BCUT2D eigenvalue weighted by atomic mass is 15.3. The average Bonchev–Trinajstić information content (AvgIpc) is 2.78. The Bertz CT molecular complexity index is 502. The summed E-state index contributed by atoms with van der Waals surface area (Å²) in [5.74, 6) is 0.875. The van der Waals surface area contributed by atoms with Gasteiger partial charge >= 0.3 is 0 Å². The van der Waals surface area contributed by atoms with Gasteiger partial charge in [0.1, 0.15) is 12.2 Å². The van der Waals surface area contributed by atoms with Crippen LogP contribution in [0.15, 0.2) is 18.7 Å². The first kappa shape index (κ1) is 12.6. The quantitative estimate of drug-likeness (QED) is 0.876. The molecule has 0 aromatic carbocycles. The highest BCUT2D eigenvalue weighted by Gasteiger charge is 2.14. The van der Waals surface area contributed by atoms with Gasteiger partial charge in [0.15, 0.2) is 0 Å². The van der Waals surface area contributed by atoms with Gasteiger partial charge in [-0.15, -0.1) is 0 Å². The predicted molar refractivity (Wildman–Crippen MR) is 67.8 cm³/mol. The molecule has 2 aromatic heterocycles. The minimum atomic E-state index is -0.209. The van der Waals surface area contributed by atoms with Gasteiger partial charge < -0.3 is 5.73 Å². The van der Waals surface area contributed by atoms with E-state index in [0.29, 0.717) is 6.42 Å². The summed E-state index contributed by atoms with van der Waals surface area (Å²) in [7, 11) is 0. The number of nitrogens with zero attached hydrogens (tertiary/aromatic N) is 5. The van der Waals surface area contributed by atoms with Gasteiger partial charge in [-0.25, -0.2) is 9.67 Å². The van der Waals surface area contributed by atoms with Gasteiger partial charge in [-0.2, -0.15) is 5.10 Å². The van der Waals surface area contributed by atoms with E-state index in [1.165, 1.54) is 0 Å². The van der Waals surface area contributed by atoms with Gasteiger partial charge in [0.05, 0.1) is 23.6 Å². The average molecular weight is 246 g/mol. The van der Waals surface area contributed by atoms with Gasteiger partial charge in [-0.05, 0) is 20.8 Å². The van der Waals surface area contributed by atoms with Gasteiger partial charge in [0.2, 0.25) is 0 Å².